The van der Waals surface area contributed by atoms with E-state index in [-0.39, 0.29) is 5.56 Å². The Hall–Kier alpha value is -2.49. The normalized spacial score (nSPS) is 10.1. The van der Waals surface area contributed by atoms with Gasteiger partial charge in [-0.25, -0.2) is 9.18 Å². The van der Waals surface area contributed by atoms with Gasteiger partial charge in [0.25, 0.3) is 0 Å². The fraction of sp³-hybridized carbons (Fsp3) is 0. The van der Waals surface area contributed by atoms with Gasteiger partial charge < -0.3 is 5.11 Å². The molecule has 0 unspecified atom stereocenters. The van der Waals surface area contributed by atoms with Crippen molar-refractivity contribution in [3.05, 3.63) is 59.4 Å². The summed E-state index contributed by atoms with van der Waals surface area (Å²) in [5.41, 5.74) is 1.26. The summed E-state index contributed by atoms with van der Waals surface area (Å²) in [6.45, 7) is 0. The van der Waals surface area contributed by atoms with E-state index in [1.165, 1.54) is 12.1 Å². The van der Waals surface area contributed by atoms with Crippen molar-refractivity contribution in [2.75, 3.05) is 0 Å². The fourth-order valence-corrected chi connectivity index (χ4v) is 1.72. The van der Waals surface area contributed by atoms with Crippen molar-refractivity contribution in [1.29, 1.82) is 0 Å². The molecule has 0 fully saturated rings. The first-order valence-electron chi connectivity index (χ1n) is 5.20. The Morgan fingerprint density at radius 3 is 2.61 bits per heavy atom. The lowest BCUT2D eigenvalue weighted by Crippen LogP contribution is -2.00. The molecule has 0 aliphatic carbocycles. The molecule has 0 heterocycles. The van der Waals surface area contributed by atoms with Gasteiger partial charge in [0.1, 0.15) is 12.1 Å². The Morgan fingerprint density at radius 1 is 1.17 bits per heavy atom. The molecule has 0 aliphatic heterocycles. The summed E-state index contributed by atoms with van der Waals surface area (Å²) in [4.78, 5) is 21.8. The molecule has 18 heavy (non-hydrogen) atoms. The predicted octanol–water partition coefficient (Wildman–Crippen LogP) is 3.00. The zero-order valence-corrected chi connectivity index (χ0v) is 9.26. The molecule has 90 valence electrons. The molecule has 4 heteroatoms. The molecule has 0 aromatic heterocycles. The van der Waals surface area contributed by atoms with Crippen molar-refractivity contribution in [2.45, 2.75) is 0 Å². The van der Waals surface area contributed by atoms with Gasteiger partial charge in [0.15, 0.2) is 0 Å². The number of benzene rings is 2. The third kappa shape index (κ3) is 2.27. The molecule has 0 atom stereocenters. The van der Waals surface area contributed by atoms with Gasteiger partial charge in [-0.2, -0.15) is 0 Å². The second-order valence-electron chi connectivity index (χ2n) is 3.74. The smallest absolute Gasteiger partial charge is 0.336 e. The van der Waals surface area contributed by atoms with Crippen LogP contribution in [0.5, 0.6) is 0 Å². The summed E-state index contributed by atoms with van der Waals surface area (Å²) in [7, 11) is 0. The summed E-state index contributed by atoms with van der Waals surface area (Å²) < 4.78 is 13.0. The van der Waals surface area contributed by atoms with Crippen molar-refractivity contribution >= 4 is 12.3 Å². The van der Waals surface area contributed by atoms with Crippen LogP contribution in [-0.2, 0) is 0 Å². The Morgan fingerprint density at radius 2 is 1.94 bits per heavy atom. The van der Waals surface area contributed by atoms with Crippen LogP contribution in [-0.4, -0.2) is 17.4 Å². The predicted molar refractivity (Wildman–Crippen MR) is 64.2 cm³/mol. The van der Waals surface area contributed by atoms with Crippen LogP contribution in [0.3, 0.4) is 0 Å². The van der Waals surface area contributed by atoms with Crippen LogP contribution in [0, 0.1) is 5.82 Å². The van der Waals surface area contributed by atoms with E-state index >= 15 is 0 Å². The highest BCUT2D eigenvalue weighted by molar-refractivity contribution is 5.96. The van der Waals surface area contributed by atoms with Crippen molar-refractivity contribution in [1.82, 2.24) is 0 Å². The Balaban J connectivity index is 2.62. The van der Waals surface area contributed by atoms with Gasteiger partial charge in [-0.05, 0) is 29.3 Å². The van der Waals surface area contributed by atoms with Crippen molar-refractivity contribution < 1.29 is 19.1 Å². The molecule has 2 rings (SSSR count). The van der Waals surface area contributed by atoms with E-state index in [1.54, 1.807) is 24.3 Å². The van der Waals surface area contributed by atoms with E-state index in [0.29, 0.717) is 23.0 Å². The van der Waals surface area contributed by atoms with Crippen molar-refractivity contribution in [3.63, 3.8) is 0 Å². The second-order valence-corrected chi connectivity index (χ2v) is 3.74. The fourth-order valence-electron chi connectivity index (χ4n) is 1.72. The molecule has 0 radical (unpaired) electrons. The van der Waals surface area contributed by atoms with Gasteiger partial charge in [0.05, 0.1) is 5.56 Å². The van der Waals surface area contributed by atoms with Gasteiger partial charge in [-0.3, -0.25) is 4.79 Å². The molecule has 1 N–H and O–H groups in total. The highest BCUT2D eigenvalue weighted by Crippen LogP contribution is 2.25. The molecule has 0 spiro atoms. The van der Waals surface area contributed by atoms with E-state index in [4.69, 9.17) is 5.11 Å². The van der Waals surface area contributed by atoms with Crippen molar-refractivity contribution in [2.24, 2.45) is 0 Å². The molecule has 0 aliphatic rings. The SMILES string of the molecule is O=Cc1cccc(-c2ccc(F)cc2C(=O)O)c1. The summed E-state index contributed by atoms with van der Waals surface area (Å²) in [6, 6.07) is 10.0. The average molecular weight is 244 g/mol. The summed E-state index contributed by atoms with van der Waals surface area (Å²) in [6.07, 6.45) is 0.674. The van der Waals surface area contributed by atoms with Crippen LogP contribution in [0.15, 0.2) is 42.5 Å². The number of carboxylic acids is 1. The molecule has 2 aromatic rings. The summed E-state index contributed by atoms with van der Waals surface area (Å²) >= 11 is 0. The first-order chi connectivity index (χ1) is 8.61. The lowest BCUT2D eigenvalue weighted by atomic mass is 9.98. The van der Waals surface area contributed by atoms with Crippen LogP contribution in [0.1, 0.15) is 20.7 Å². The van der Waals surface area contributed by atoms with Crippen LogP contribution in [0.25, 0.3) is 11.1 Å². The number of halogens is 1. The summed E-state index contributed by atoms with van der Waals surface area (Å²) in [5, 5.41) is 9.04. The minimum absolute atomic E-state index is 0.127. The number of carbonyl (C=O) groups is 2. The van der Waals surface area contributed by atoms with E-state index in [1.807, 2.05) is 0 Å². The van der Waals surface area contributed by atoms with Gasteiger partial charge in [0.2, 0.25) is 0 Å². The summed E-state index contributed by atoms with van der Waals surface area (Å²) in [5.74, 6) is -1.82. The van der Waals surface area contributed by atoms with Crippen LogP contribution >= 0.6 is 0 Å². The topological polar surface area (TPSA) is 54.4 Å². The number of rotatable bonds is 3. The van der Waals surface area contributed by atoms with Gasteiger partial charge in [-0.1, -0.05) is 24.3 Å². The third-order valence-corrected chi connectivity index (χ3v) is 2.55. The first kappa shape index (κ1) is 12.0. The third-order valence-electron chi connectivity index (χ3n) is 2.55. The number of carbonyl (C=O) groups excluding carboxylic acids is 1. The number of aldehydes is 1. The van der Waals surface area contributed by atoms with Crippen LogP contribution in [0.2, 0.25) is 0 Å². The van der Waals surface area contributed by atoms with Crippen molar-refractivity contribution in [3.8, 4) is 11.1 Å². The Kier molecular flexibility index (Phi) is 3.19. The minimum Gasteiger partial charge on any atom is -0.478 e. The second kappa shape index (κ2) is 4.79. The van der Waals surface area contributed by atoms with E-state index in [0.717, 1.165) is 6.07 Å². The maximum absolute atomic E-state index is 13.0. The Bertz CT molecular complexity index is 620. The Labute approximate surface area is 103 Å². The number of aromatic carboxylic acids is 1. The molecular weight excluding hydrogens is 235 g/mol. The number of hydrogen-bond acceptors (Lipinski definition) is 2. The van der Waals surface area contributed by atoms with E-state index in [2.05, 4.69) is 0 Å². The zero-order valence-electron chi connectivity index (χ0n) is 9.26. The largest absolute Gasteiger partial charge is 0.478 e. The standard InChI is InChI=1S/C14H9FO3/c15-11-4-5-12(13(7-11)14(17)18)10-3-1-2-9(6-10)8-16/h1-8H,(H,17,18). The molecule has 0 saturated carbocycles. The first-order valence-corrected chi connectivity index (χ1v) is 5.20. The molecule has 2 aromatic carbocycles. The quantitative estimate of drug-likeness (QED) is 0.844. The average Bonchev–Trinajstić information content (AvgIpc) is 2.38. The van der Waals surface area contributed by atoms with Crippen LogP contribution < -0.4 is 0 Å². The lowest BCUT2D eigenvalue weighted by molar-refractivity contribution is 0.0697. The molecule has 0 bridgehead atoms. The molecule has 3 nitrogen and oxygen atoms in total. The number of hydrogen-bond donors (Lipinski definition) is 1. The minimum atomic E-state index is -1.21. The highest BCUT2D eigenvalue weighted by Gasteiger charge is 2.13. The van der Waals surface area contributed by atoms with Gasteiger partial charge in [0, 0.05) is 5.56 Å². The van der Waals surface area contributed by atoms with Crippen LogP contribution in [0.4, 0.5) is 4.39 Å². The monoisotopic (exact) mass is 244 g/mol. The maximum Gasteiger partial charge on any atom is 0.336 e. The zero-order chi connectivity index (χ0) is 13.1. The lowest BCUT2D eigenvalue weighted by Gasteiger charge is -2.07. The van der Waals surface area contributed by atoms with Gasteiger partial charge >= 0.3 is 5.97 Å². The molecule has 0 saturated heterocycles. The van der Waals surface area contributed by atoms with E-state index in [9.17, 15) is 14.0 Å². The number of carboxylic acid groups (broad SMARTS) is 1. The molecular formula is C14H9FO3. The van der Waals surface area contributed by atoms with E-state index < -0.39 is 11.8 Å². The maximum atomic E-state index is 13.0. The van der Waals surface area contributed by atoms with Gasteiger partial charge in [-0.15, -0.1) is 0 Å². The highest BCUT2D eigenvalue weighted by atomic mass is 19.1. The molecule has 0 amide bonds.